The molecular weight excluding hydrogens is 239 g/mol. The zero-order chi connectivity index (χ0) is 13.3. The zero-order valence-electron chi connectivity index (χ0n) is 9.55. The molecule has 1 atom stereocenters. The summed E-state index contributed by atoms with van der Waals surface area (Å²) in [5.41, 5.74) is -1.30. The number of aromatic carboxylic acids is 1. The topological polar surface area (TPSA) is 70.7 Å². The average Bonchev–Trinajstić information content (AvgIpc) is 2.79. The summed E-state index contributed by atoms with van der Waals surface area (Å²) < 4.78 is 18.1. The van der Waals surface area contributed by atoms with Crippen LogP contribution < -0.4 is 0 Å². The van der Waals surface area contributed by atoms with Crippen molar-refractivity contribution >= 4 is 5.97 Å². The lowest BCUT2D eigenvalue weighted by Gasteiger charge is -2.21. The Labute approximate surface area is 102 Å². The van der Waals surface area contributed by atoms with E-state index in [9.17, 15) is 14.3 Å². The summed E-state index contributed by atoms with van der Waals surface area (Å²) in [6, 6.07) is 8.01. The third-order valence-corrected chi connectivity index (χ3v) is 2.68. The van der Waals surface area contributed by atoms with Crippen LogP contribution >= 0.6 is 0 Å². The highest BCUT2D eigenvalue weighted by molar-refractivity contribution is 5.84. The van der Waals surface area contributed by atoms with Crippen molar-refractivity contribution in [3.63, 3.8) is 0 Å². The van der Waals surface area contributed by atoms with Crippen LogP contribution in [0.4, 0.5) is 4.39 Å². The van der Waals surface area contributed by atoms with Crippen LogP contribution in [0.2, 0.25) is 0 Å². The summed E-state index contributed by atoms with van der Waals surface area (Å²) in [6.07, 6.45) is 0. The van der Waals surface area contributed by atoms with Crippen LogP contribution in [-0.4, -0.2) is 16.2 Å². The molecular formula is C13H11FO4. The van der Waals surface area contributed by atoms with E-state index in [0.717, 1.165) is 0 Å². The number of carboxylic acid groups (broad SMARTS) is 1. The minimum atomic E-state index is -1.59. The van der Waals surface area contributed by atoms with Crippen LogP contribution in [0.1, 0.15) is 28.8 Å². The fourth-order valence-electron chi connectivity index (χ4n) is 1.65. The largest absolute Gasteiger partial charge is 0.475 e. The molecule has 0 fully saturated rings. The Hall–Kier alpha value is -2.14. The van der Waals surface area contributed by atoms with E-state index in [0.29, 0.717) is 0 Å². The third kappa shape index (κ3) is 2.12. The SMILES string of the molecule is CC(O)(c1cccc(F)c1)c1ccc(C(=O)O)o1. The van der Waals surface area contributed by atoms with Crippen molar-refractivity contribution in [2.75, 3.05) is 0 Å². The molecule has 0 radical (unpaired) electrons. The first-order chi connectivity index (χ1) is 8.41. The molecule has 0 spiro atoms. The molecule has 1 aromatic heterocycles. The number of hydrogen-bond donors (Lipinski definition) is 2. The van der Waals surface area contributed by atoms with Crippen LogP contribution in [0.15, 0.2) is 40.8 Å². The highest BCUT2D eigenvalue weighted by Gasteiger charge is 2.30. The van der Waals surface area contributed by atoms with Gasteiger partial charge in [-0.1, -0.05) is 12.1 Å². The maximum absolute atomic E-state index is 13.1. The lowest BCUT2D eigenvalue weighted by atomic mass is 9.93. The van der Waals surface area contributed by atoms with E-state index in [4.69, 9.17) is 9.52 Å². The van der Waals surface area contributed by atoms with E-state index in [1.165, 1.54) is 43.3 Å². The minimum Gasteiger partial charge on any atom is -0.475 e. The molecule has 94 valence electrons. The molecule has 4 nitrogen and oxygen atoms in total. The monoisotopic (exact) mass is 250 g/mol. The highest BCUT2D eigenvalue weighted by atomic mass is 19.1. The van der Waals surface area contributed by atoms with Gasteiger partial charge in [-0.15, -0.1) is 0 Å². The second-order valence-corrected chi connectivity index (χ2v) is 4.05. The summed E-state index contributed by atoms with van der Waals surface area (Å²) >= 11 is 0. The molecule has 18 heavy (non-hydrogen) atoms. The molecule has 0 aliphatic rings. The Balaban J connectivity index is 2.43. The molecule has 1 aromatic carbocycles. The molecule has 2 rings (SSSR count). The van der Waals surface area contributed by atoms with Gasteiger partial charge in [0, 0.05) is 0 Å². The number of hydrogen-bond acceptors (Lipinski definition) is 3. The van der Waals surface area contributed by atoms with Gasteiger partial charge in [-0.25, -0.2) is 9.18 Å². The van der Waals surface area contributed by atoms with Crippen molar-refractivity contribution in [1.29, 1.82) is 0 Å². The van der Waals surface area contributed by atoms with Crippen molar-refractivity contribution in [3.05, 3.63) is 59.3 Å². The first kappa shape index (κ1) is 12.3. The Morgan fingerprint density at radius 3 is 2.61 bits per heavy atom. The normalized spacial score (nSPS) is 14.2. The summed E-state index contributed by atoms with van der Waals surface area (Å²) in [5.74, 6) is -1.94. The summed E-state index contributed by atoms with van der Waals surface area (Å²) in [5, 5.41) is 19.1. The second-order valence-electron chi connectivity index (χ2n) is 4.05. The number of aliphatic hydroxyl groups is 1. The van der Waals surface area contributed by atoms with Crippen molar-refractivity contribution in [2.45, 2.75) is 12.5 Å². The fourth-order valence-corrected chi connectivity index (χ4v) is 1.65. The molecule has 1 heterocycles. The van der Waals surface area contributed by atoms with Crippen LogP contribution in [0.3, 0.4) is 0 Å². The summed E-state index contributed by atoms with van der Waals surface area (Å²) in [7, 11) is 0. The van der Waals surface area contributed by atoms with Crippen LogP contribution in [0, 0.1) is 5.82 Å². The fraction of sp³-hybridized carbons (Fsp3) is 0.154. The van der Waals surface area contributed by atoms with Crippen molar-refractivity contribution in [2.24, 2.45) is 0 Å². The minimum absolute atomic E-state index is 0.0468. The quantitative estimate of drug-likeness (QED) is 0.877. The number of furan rings is 1. The summed E-state index contributed by atoms with van der Waals surface area (Å²) in [6.45, 7) is 1.41. The first-order valence-corrected chi connectivity index (χ1v) is 5.23. The third-order valence-electron chi connectivity index (χ3n) is 2.68. The van der Waals surface area contributed by atoms with Gasteiger partial charge in [0.15, 0.2) is 0 Å². The second kappa shape index (κ2) is 4.27. The van der Waals surface area contributed by atoms with Gasteiger partial charge in [0.2, 0.25) is 5.76 Å². The smallest absolute Gasteiger partial charge is 0.371 e. The van der Waals surface area contributed by atoms with Crippen LogP contribution in [0.25, 0.3) is 0 Å². The Morgan fingerprint density at radius 2 is 2.06 bits per heavy atom. The number of rotatable bonds is 3. The van der Waals surface area contributed by atoms with Gasteiger partial charge < -0.3 is 14.6 Å². The number of carboxylic acids is 1. The van der Waals surface area contributed by atoms with Crippen molar-refractivity contribution in [3.8, 4) is 0 Å². The Kier molecular flexibility index (Phi) is 2.92. The Morgan fingerprint density at radius 1 is 1.33 bits per heavy atom. The first-order valence-electron chi connectivity index (χ1n) is 5.23. The number of carbonyl (C=O) groups is 1. The van der Waals surface area contributed by atoms with E-state index < -0.39 is 17.4 Å². The maximum atomic E-state index is 13.1. The van der Waals surface area contributed by atoms with E-state index in [1.807, 2.05) is 0 Å². The predicted octanol–water partition coefficient (Wildman–Crippen LogP) is 2.37. The highest BCUT2D eigenvalue weighted by Crippen LogP contribution is 2.30. The van der Waals surface area contributed by atoms with Crippen molar-refractivity contribution < 1.29 is 23.8 Å². The number of benzene rings is 1. The molecule has 0 saturated heterocycles. The molecule has 1 unspecified atom stereocenters. The van der Waals surface area contributed by atoms with E-state index in [2.05, 4.69) is 0 Å². The molecule has 0 amide bonds. The molecule has 2 aromatic rings. The molecule has 0 saturated carbocycles. The average molecular weight is 250 g/mol. The van der Waals surface area contributed by atoms with Gasteiger partial charge in [-0.05, 0) is 36.8 Å². The standard InChI is InChI=1S/C13H11FO4/c1-13(17,8-3-2-4-9(14)7-8)11-6-5-10(18-11)12(15)16/h2-7,17H,1H3,(H,15,16). The number of halogens is 1. The van der Waals surface area contributed by atoms with E-state index in [1.54, 1.807) is 0 Å². The van der Waals surface area contributed by atoms with Gasteiger partial charge >= 0.3 is 5.97 Å². The van der Waals surface area contributed by atoms with Gasteiger partial charge in [-0.3, -0.25) is 0 Å². The maximum Gasteiger partial charge on any atom is 0.371 e. The van der Waals surface area contributed by atoms with Gasteiger partial charge in [0.05, 0.1) is 0 Å². The molecule has 5 heteroatoms. The molecule has 0 aliphatic carbocycles. The molecule has 0 bridgehead atoms. The van der Waals surface area contributed by atoms with Crippen LogP contribution in [0.5, 0.6) is 0 Å². The van der Waals surface area contributed by atoms with E-state index in [-0.39, 0.29) is 17.1 Å². The molecule has 2 N–H and O–H groups in total. The van der Waals surface area contributed by atoms with Crippen LogP contribution in [-0.2, 0) is 5.60 Å². The van der Waals surface area contributed by atoms with Gasteiger partial charge in [0.1, 0.15) is 17.2 Å². The lowest BCUT2D eigenvalue weighted by Crippen LogP contribution is -2.22. The lowest BCUT2D eigenvalue weighted by molar-refractivity contribution is 0.0600. The van der Waals surface area contributed by atoms with Gasteiger partial charge in [-0.2, -0.15) is 0 Å². The van der Waals surface area contributed by atoms with Gasteiger partial charge in [0.25, 0.3) is 0 Å². The Bertz CT molecular complexity index is 586. The predicted molar refractivity (Wildman–Crippen MR) is 60.7 cm³/mol. The van der Waals surface area contributed by atoms with Crippen molar-refractivity contribution in [1.82, 2.24) is 0 Å². The van der Waals surface area contributed by atoms with E-state index >= 15 is 0 Å². The summed E-state index contributed by atoms with van der Waals surface area (Å²) in [4.78, 5) is 10.7. The molecule has 0 aliphatic heterocycles. The zero-order valence-corrected chi connectivity index (χ0v) is 9.55.